The van der Waals surface area contributed by atoms with Crippen LogP contribution in [0.4, 0.5) is 11.9 Å². The predicted octanol–water partition coefficient (Wildman–Crippen LogP) is 6.43. The molecule has 0 atom stereocenters. The standard InChI is InChI=1S/C18H14ClN5S.C16H20N6OS/c19-14-4-2-1-3-12(14)16-10-25-17(23-16)13(9-20)15-7-8-21-18(24-15)22-11-5-6-11;1-3-12-10-24-15(21-12)13(9-17)14-5-8-20-16(22-14)19-7-4-6-18-11(2)23/h1-4,7-8,10-11,23H,5-6H2,(H,21,22,24);5,8,10,21H,3-4,6-7H2,1-2H3,(H,18,23)(H,19,20,22). The highest BCUT2D eigenvalue weighted by molar-refractivity contribution is 8.06. The first kappa shape index (κ1) is 35.3. The highest BCUT2D eigenvalue weighted by Gasteiger charge is 2.23. The van der Waals surface area contributed by atoms with Gasteiger partial charge in [0.25, 0.3) is 0 Å². The zero-order valence-corrected chi connectivity index (χ0v) is 29.3. The van der Waals surface area contributed by atoms with Crippen molar-refractivity contribution in [3.05, 3.63) is 97.3 Å². The fraction of sp³-hybridized carbons (Fsp3) is 0.265. The molecule has 49 heavy (non-hydrogen) atoms. The maximum absolute atomic E-state index is 10.8. The molecule has 1 aliphatic carbocycles. The maximum Gasteiger partial charge on any atom is 0.223 e. The van der Waals surface area contributed by atoms with Crippen LogP contribution < -0.4 is 26.6 Å². The summed E-state index contributed by atoms with van der Waals surface area (Å²) >= 11 is 9.21. The first-order valence-corrected chi connectivity index (χ1v) is 17.7. The largest absolute Gasteiger partial charge is 0.356 e. The number of nitriles is 2. The van der Waals surface area contributed by atoms with Crippen molar-refractivity contribution in [3.8, 4) is 12.1 Å². The van der Waals surface area contributed by atoms with E-state index >= 15 is 0 Å². The summed E-state index contributed by atoms with van der Waals surface area (Å²) in [5.74, 6) is 0.992. The van der Waals surface area contributed by atoms with Gasteiger partial charge in [-0.05, 0) is 49.3 Å². The summed E-state index contributed by atoms with van der Waals surface area (Å²) in [5, 5.41) is 40.9. The molecule has 1 fully saturated rings. The number of rotatable bonds is 11. The lowest BCUT2D eigenvalue weighted by Crippen LogP contribution is -2.23. The highest BCUT2D eigenvalue weighted by Crippen LogP contribution is 2.37. The Kier molecular flexibility index (Phi) is 12.5. The number of hydrogen-bond donors (Lipinski definition) is 5. The number of halogens is 1. The lowest BCUT2D eigenvalue weighted by molar-refractivity contribution is -0.118. The highest BCUT2D eigenvalue weighted by atomic mass is 35.5. The number of anilines is 2. The molecule has 5 N–H and O–H groups in total. The normalized spacial score (nSPS) is 16.7. The van der Waals surface area contributed by atoms with Crippen LogP contribution in [-0.2, 0) is 4.79 Å². The maximum atomic E-state index is 10.8. The van der Waals surface area contributed by atoms with Crippen molar-refractivity contribution >= 4 is 69.8 Å². The molecule has 1 amide bonds. The molecule has 3 aromatic rings. The summed E-state index contributed by atoms with van der Waals surface area (Å²) in [6, 6.07) is 16.0. The van der Waals surface area contributed by atoms with Gasteiger partial charge in [0.05, 0.1) is 27.1 Å². The van der Waals surface area contributed by atoms with E-state index in [9.17, 15) is 15.3 Å². The topological polar surface area (TPSA) is 176 Å². The molecule has 0 unspecified atom stereocenters. The number of nitrogens with one attached hydrogen (secondary N) is 5. The number of amides is 1. The molecule has 12 nitrogen and oxygen atoms in total. The number of carbonyl (C=O) groups is 1. The second-order valence-electron chi connectivity index (χ2n) is 10.8. The number of allylic oxidation sites excluding steroid dienone is 3. The molecule has 3 aliphatic rings. The molecule has 6 rings (SSSR count). The molecular formula is C34H34ClN11OS2. The van der Waals surface area contributed by atoms with E-state index in [2.05, 4.69) is 65.6 Å². The number of carbonyl (C=O) groups excluding carboxylic acids is 1. The Morgan fingerprint density at radius 2 is 1.59 bits per heavy atom. The SMILES string of the molecule is CCC1=CSC(=C(C#N)c2ccnc(NCCCNC(C)=O)n2)N1.N#CC(=C1NC(c2ccccc2Cl)=CS1)c1ccnc(NC2CC2)n1. The number of thioether (sulfide) groups is 2. The van der Waals surface area contributed by atoms with Gasteiger partial charge in [0.15, 0.2) is 0 Å². The summed E-state index contributed by atoms with van der Waals surface area (Å²) in [4.78, 5) is 28.1. The van der Waals surface area contributed by atoms with Crippen molar-refractivity contribution in [2.75, 3.05) is 23.7 Å². The van der Waals surface area contributed by atoms with Crippen molar-refractivity contribution < 1.29 is 4.79 Å². The summed E-state index contributed by atoms with van der Waals surface area (Å²) in [7, 11) is 0. The van der Waals surface area contributed by atoms with Crippen LogP contribution in [0.15, 0.2) is 75.4 Å². The van der Waals surface area contributed by atoms with Gasteiger partial charge in [0.2, 0.25) is 17.8 Å². The smallest absolute Gasteiger partial charge is 0.223 e. The van der Waals surface area contributed by atoms with Crippen LogP contribution in [0.1, 0.15) is 56.5 Å². The zero-order valence-electron chi connectivity index (χ0n) is 26.9. The van der Waals surface area contributed by atoms with E-state index in [1.807, 2.05) is 35.1 Å². The minimum Gasteiger partial charge on any atom is -0.356 e. The predicted molar refractivity (Wildman–Crippen MR) is 197 cm³/mol. The average Bonchev–Trinajstić information content (AvgIpc) is 3.57. The van der Waals surface area contributed by atoms with Crippen molar-refractivity contribution in [1.29, 1.82) is 10.5 Å². The fourth-order valence-electron chi connectivity index (χ4n) is 4.42. The van der Waals surface area contributed by atoms with E-state index in [1.54, 1.807) is 24.5 Å². The summed E-state index contributed by atoms with van der Waals surface area (Å²) in [6.45, 7) is 4.78. The molecule has 1 aromatic carbocycles. The minimum absolute atomic E-state index is 0.0415. The lowest BCUT2D eigenvalue weighted by Gasteiger charge is -2.09. The van der Waals surface area contributed by atoms with E-state index in [-0.39, 0.29) is 5.91 Å². The van der Waals surface area contributed by atoms with Gasteiger partial charge >= 0.3 is 0 Å². The first-order chi connectivity index (χ1) is 23.9. The van der Waals surface area contributed by atoms with E-state index < -0.39 is 0 Å². The van der Waals surface area contributed by atoms with Crippen molar-refractivity contribution in [2.45, 2.75) is 45.6 Å². The van der Waals surface area contributed by atoms with Crippen LogP contribution >= 0.6 is 35.1 Å². The fourth-order valence-corrected chi connectivity index (χ4v) is 6.46. The van der Waals surface area contributed by atoms with Gasteiger partial charge in [-0.15, -0.1) is 0 Å². The summed E-state index contributed by atoms with van der Waals surface area (Å²) < 4.78 is 0. The Hall–Kier alpha value is -5.02. The Morgan fingerprint density at radius 3 is 2.22 bits per heavy atom. The van der Waals surface area contributed by atoms with Crippen molar-refractivity contribution in [1.82, 2.24) is 35.9 Å². The molecule has 0 radical (unpaired) electrons. The number of aromatic nitrogens is 4. The van der Waals surface area contributed by atoms with Gasteiger partial charge in [-0.2, -0.15) is 10.5 Å². The molecule has 0 spiro atoms. The molecule has 15 heteroatoms. The minimum atomic E-state index is -0.0415. The van der Waals surface area contributed by atoms with Gasteiger partial charge in [-0.25, -0.2) is 19.9 Å². The molecule has 1 saturated carbocycles. The van der Waals surface area contributed by atoms with Crippen LogP contribution in [0.3, 0.4) is 0 Å². The van der Waals surface area contributed by atoms with E-state index in [1.165, 1.54) is 30.4 Å². The van der Waals surface area contributed by atoms with E-state index in [0.29, 0.717) is 58.6 Å². The quantitative estimate of drug-likeness (QED) is 0.109. The van der Waals surface area contributed by atoms with Gasteiger partial charge in [-0.3, -0.25) is 4.79 Å². The zero-order chi connectivity index (χ0) is 34.6. The van der Waals surface area contributed by atoms with Crippen LogP contribution in [0, 0.1) is 22.7 Å². The average molecular weight is 712 g/mol. The Labute approximate surface area is 298 Å². The van der Waals surface area contributed by atoms with Crippen LogP contribution in [0.25, 0.3) is 16.8 Å². The molecule has 0 bridgehead atoms. The number of hydrogen-bond acceptors (Lipinski definition) is 13. The van der Waals surface area contributed by atoms with Gasteiger partial charge in [0, 0.05) is 60.1 Å². The third kappa shape index (κ3) is 9.99. The van der Waals surface area contributed by atoms with Crippen LogP contribution in [0.2, 0.25) is 5.02 Å². The van der Waals surface area contributed by atoms with E-state index in [4.69, 9.17) is 11.6 Å². The molecule has 2 aromatic heterocycles. The third-order valence-electron chi connectivity index (χ3n) is 7.10. The molecular weight excluding hydrogens is 678 g/mol. The Balaban J connectivity index is 0.000000191. The lowest BCUT2D eigenvalue weighted by atomic mass is 10.1. The second-order valence-corrected chi connectivity index (χ2v) is 13.0. The van der Waals surface area contributed by atoms with Gasteiger partial charge in [-0.1, -0.05) is 60.2 Å². The van der Waals surface area contributed by atoms with Crippen LogP contribution in [-0.4, -0.2) is 45.0 Å². The molecule has 4 heterocycles. The molecule has 250 valence electrons. The van der Waals surface area contributed by atoms with Gasteiger partial charge < -0.3 is 26.6 Å². The Morgan fingerprint density at radius 1 is 0.939 bits per heavy atom. The summed E-state index contributed by atoms with van der Waals surface area (Å²) in [6.07, 6.45) is 7.24. The summed E-state index contributed by atoms with van der Waals surface area (Å²) in [5.41, 5.74) is 5.05. The number of benzene rings is 1. The van der Waals surface area contributed by atoms with E-state index in [0.717, 1.165) is 52.7 Å². The van der Waals surface area contributed by atoms with Crippen LogP contribution in [0.5, 0.6) is 0 Å². The van der Waals surface area contributed by atoms with Gasteiger partial charge in [0.1, 0.15) is 23.3 Å². The second kappa shape index (κ2) is 17.4. The molecule has 2 aliphatic heterocycles. The monoisotopic (exact) mass is 711 g/mol. The molecule has 0 saturated heterocycles. The Bertz CT molecular complexity index is 1910. The van der Waals surface area contributed by atoms with Crippen molar-refractivity contribution in [3.63, 3.8) is 0 Å². The first-order valence-electron chi connectivity index (χ1n) is 15.6. The third-order valence-corrected chi connectivity index (χ3v) is 9.27. The number of nitrogens with zero attached hydrogens (tertiary/aromatic N) is 6. The van der Waals surface area contributed by atoms with Crippen molar-refractivity contribution in [2.24, 2.45) is 0 Å².